The molecular weight excluding hydrogens is 368 g/mol. The zero-order valence-electron chi connectivity index (χ0n) is 17.9. The number of nitrogens with zero attached hydrogens (tertiary/aromatic N) is 2. The number of fused-ring (bicyclic) bond motifs is 1. The minimum atomic E-state index is -1.03. The van der Waals surface area contributed by atoms with Crippen molar-refractivity contribution < 1.29 is 14.4 Å². The van der Waals surface area contributed by atoms with E-state index in [0.29, 0.717) is 18.8 Å². The average Bonchev–Trinajstić information content (AvgIpc) is 2.72. The fourth-order valence-corrected chi connectivity index (χ4v) is 3.58. The van der Waals surface area contributed by atoms with Gasteiger partial charge >= 0.3 is 0 Å². The molecule has 0 fully saturated rings. The van der Waals surface area contributed by atoms with Crippen LogP contribution >= 0.6 is 0 Å². The predicted molar refractivity (Wildman–Crippen MR) is 115 cm³/mol. The molecule has 0 spiro atoms. The van der Waals surface area contributed by atoms with Crippen molar-refractivity contribution in [1.29, 1.82) is 0 Å². The van der Waals surface area contributed by atoms with Crippen molar-refractivity contribution in [3.8, 4) is 0 Å². The highest BCUT2D eigenvalue weighted by Gasteiger charge is 2.32. The SMILES string of the molecule is CC(C)CC1=NC(NC(=O)[C@@H](CC(N)=O)CC(C)C)C(=O)N(C)c2ccccc21. The molecule has 1 aromatic rings. The van der Waals surface area contributed by atoms with Gasteiger partial charge in [0.15, 0.2) is 0 Å². The summed E-state index contributed by atoms with van der Waals surface area (Å²) in [6, 6.07) is 7.61. The van der Waals surface area contributed by atoms with E-state index >= 15 is 0 Å². The van der Waals surface area contributed by atoms with Gasteiger partial charge in [0.1, 0.15) is 0 Å². The van der Waals surface area contributed by atoms with E-state index in [9.17, 15) is 14.4 Å². The number of para-hydroxylation sites is 1. The van der Waals surface area contributed by atoms with Gasteiger partial charge in [0.05, 0.1) is 5.69 Å². The highest BCUT2D eigenvalue weighted by atomic mass is 16.2. The molecule has 1 unspecified atom stereocenters. The molecule has 1 aliphatic heterocycles. The molecule has 7 heteroatoms. The number of nitrogens with one attached hydrogen (secondary N) is 1. The van der Waals surface area contributed by atoms with Crippen LogP contribution in [-0.2, 0) is 14.4 Å². The molecule has 3 amide bonds. The first-order valence-electron chi connectivity index (χ1n) is 10.1. The Morgan fingerprint density at radius 1 is 1.17 bits per heavy atom. The maximum absolute atomic E-state index is 13.1. The van der Waals surface area contributed by atoms with Gasteiger partial charge in [0.2, 0.25) is 18.0 Å². The van der Waals surface area contributed by atoms with Gasteiger partial charge in [-0.2, -0.15) is 0 Å². The van der Waals surface area contributed by atoms with Gasteiger partial charge < -0.3 is 16.0 Å². The Labute approximate surface area is 172 Å². The number of amides is 3. The normalized spacial score (nSPS) is 17.6. The van der Waals surface area contributed by atoms with Crippen molar-refractivity contribution in [1.82, 2.24) is 5.32 Å². The minimum absolute atomic E-state index is 0.0520. The topological polar surface area (TPSA) is 105 Å². The third-order valence-corrected chi connectivity index (χ3v) is 4.88. The number of anilines is 1. The summed E-state index contributed by atoms with van der Waals surface area (Å²) in [6.45, 7) is 8.12. The number of benzene rings is 1. The molecule has 0 aromatic heterocycles. The second kappa shape index (κ2) is 9.67. The summed E-state index contributed by atoms with van der Waals surface area (Å²) >= 11 is 0. The van der Waals surface area contributed by atoms with Crippen molar-refractivity contribution in [3.63, 3.8) is 0 Å². The molecule has 0 saturated carbocycles. The second-order valence-corrected chi connectivity index (χ2v) is 8.50. The molecule has 0 radical (unpaired) electrons. The Balaban J connectivity index is 2.36. The molecule has 0 aliphatic carbocycles. The van der Waals surface area contributed by atoms with E-state index < -0.39 is 18.0 Å². The van der Waals surface area contributed by atoms with E-state index in [-0.39, 0.29) is 24.2 Å². The van der Waals surface area contributed by atoms with Crippen molar-refractivity contribution in [2.75, 3.05) is 11.9 Å². The lowest BCUT2D eigenvalue weighted by Gasteiger charge is -2.23. The smallest absolute Gasteiger partial charge is 0.272 e. The first kappa shape index (κ1) is 22.6. The third kappa shape index (κ3) is 5.89. The van der Waals surface area contributed by atoms with E-state index in [1.54, 1.807) is 7.05 Å². The summed E-state index contributed by atoms with van der Waals surface area (Å²) in [5.41, 5.74) is 7.77. The summed E-state index contributed by atoms with van der Waals surface area (Å²) in [5, 5.41) is 2.76. The van der Waals surface area contributed by atoms with Crippen LogP contribution in [0.5, 0.6) is 0 Å². The molecule has 1 heterocycles. The van der Waals surface area contributed by atoms with E-state index in [2.05, 4.69) is 24.2 Å². The standard InChI is InChI=1S/C22H32N4O3/c1-13(2)10-15(12-19(23)27)21(28)25-20-22(29)26(5)18-9-7-6-8-16(18)17(24-20)11-14(3)4/h6-9,13-15,20H,10-12H2,1-5H3,(H2,23,27)(H,25,28)/t15-,20?/m1/s1. The minimum Gasteiger partial charge on any atom is -0.370 e. The number of carbonyl (C=O) groups excluding carboxylic acids is 3. The van der Waals surface area contributed by atoms with E-state index in [1.165, 1.54) is 4.90 Å². The summed E-state index contributed by atoms with van der Waals surface area (Å²) in [7, 11) is 1.68. The van der Waals surface area contributed by atoms with E-state index in [1.807, 2.05) is 38.1 Å². The number of nitrogens with two attached hydrogens (primary N) is 1. The fraction of sp³-hybridized carbons (Fsp3) is 0.545. The molecule has 2 rings (SSSR count). The van der Waals surface area contributed by atoms with Crippen molar-refractivity contribution >= 4 is 29.1 Å². The van der Waals surface area contributed by atoms with Crippen LogP contribution in [0.1, 0.15) is 52.5 Å². The number of likely N-dealkylation sites (N-methyl/N-ethyl adjacent to an activating group) is 1. The van der Waals surface area contributed by atoms with Gasteiger partial charge in [-0.15, -0.1) is 0 Å². The van der Waals surface area contributed by atoms with Crippen molar-refractivity contribution in [2.24, 2.45) is 28.5 Å². The fourth-order valence-electron chi connectivity index (χ4n) is 3.58. The first-order chi connectivity index (χ1) is 13.6. The van der Waals surface area contributed by atoms with Crippen LogP contribution in [0.25, 0.3) is 0 Å². The highest BCUT2D eigenvalue weighted by molar-refractivity contribution is 6.13. The van der Waals surface area contributed by atoms with E-state index in [0.717, 1.165) is 17.0 Å². The Kier molecular flexibility index (Phi) is 7.53. The van der Waals surface area contributed by atoms with Crippen LogP contribution in [-0.4, -0.2) is 36.6 Å². The number of benzodiazepines with no additional fused rings is 1. The largest absolute Gasteiger partial charge is 0.370 e. The molecule has 0 bridgehead atoms. The Bertz CT molecular complexity index is 801. The molecule has 2 atom stereocenters. The molecular formula is C22H32N4O3. The van der Waals surface area contributed by atoms with Crippen molar-refractivity contribution in [3.05, 3.63) is 29.8 Å². The molecule has 1 aromatic carbocycles. The highest BCUT2D eigenvalue weighted by Crippen LogP contribution is 2.27. The maximum atomic E-state index is 13.1. The van der Waals surface area contributed by atoms with Gasteiger partial charge in [-0.1, -0.05) is 45.9 Å². The zero-order valence-corrected chi connectivity index (χ0v) is 17.9. The second-order valence-electron chi connectivity index (χ2n) is 8.50. The van der Waals surface area contributed by atoms with Crippen LogP contribution in [0.15, 0.2) is 29.3 Å². The van der Waals surface area contributed by atoms with Crippen LogP contribution < -0.4 is 16.0 Å². The summed E-state index contributed by atoms with van der Waals surface area (Å²) < 4.78 is 0. The molecule has 158 valence electrons. The number of rotatable bonds is 8. The lowest BCUT2D eigenvalue weighted by Crippen LogP contribution is -2.48. The van der Waals surface area contributed by atoms with Crippen LogP contribution in [0.4, 0.5) is 5.69 Å². The predicted octanol–water partition coefficient (Wildman–Crippen LogP) is 2.48. The quantitative estimate of drug-likeness (QED) is 0.700. The monoisotopic (exact) mass is 400 g/mol. The third-order valence-electron chi connectivity index (χ3n) is 4.88. The summed E-state index contributed by atoms with van der Waals surface area (Å²) in [6.07, 6.45) is 0.107. The van der Waals surface area contributed by atoms with E-state index in [4.69, 9.17) is 5.73 Å². The van der Waals surface area contributed by atoms with Crippen LogP contribution in [0.2, 0.25) is 0 Å². The number of primary amides is 1. The van der Waals surface area contributed by atoms with Gasteiger partial charge in [0.25, 0.3) is 5.91 Å². The van der Waals surface area contributed by atoms with Crippen LogP contribution in [0.3, 0.4) is 0 Å². The number of aliphatic imine (C=N–C) groups is 1. The Morgan fingerprint density at radius 3 is 2.41 bits per heavy atom. The molecule has 29 heavy (non-hydrogen) atoms. The van der Waals surface area contributed by atoms with Crippen LogP contribution in [0, 0.1) is 17.8 Å². The van der Waals surface area contributed by atoms with Gasteiger partial charge in [-0.3, -0.25) is 19.4 Å². The number of hydrogen-bond acceptors (Lipinski definition) is 4. The molecule has 3 N–H and O–H groups in total. The van der Waals surface area contributed by atoms with Gasteiger partial charge in [-0.05, 0) is 30.7 Å². The average molecular weight is 401 g/mol. The Morgan fingerprint density at radius 2 is 1.83 bits per heavy atom. The lowest BCUT2D eigenvalue weighted by atomic mass is 9.93. The summed E-state index contributed by atoms with van der Waals surface area (Å²) in [5.74, 6) is -1.26. The van der Waals surface area contributed by atoms with Crippen molar-refractivity contribution in [2.45, 2.75) is 53.1 Å². The molecule has 7 nitrogen and oxygen atoms in total. The molecule has 0 saturated heterocycles. The van der Waals surface area contributed by atoms with Gasteiger partial charge in [-0.25, -0.2) is 0 Å². The zero-order chi connectivity index (χ0) is 21.7. The summed E-state index contributed by atoms with van der Waals surface area (Å²) in [4.78, 5) is 43.5. The first-order valence-corrected chi connectivity index (χ1v) is 10.1. The Hall–Kier alpha value is -2.70. The lowest BCUT2D eigenvalue weighted by molar-refractivity contribution is -0.132. The number of carbonyl (C=O) groups is 3. The number of hydrogen-bond donors (Lipinski definition) is 2. The van der Waals surface area contributed by atoms with Gasteiger partial charge in [0, 0.05) is 30.7 Å². The molecule has 1 aliphatic rings. The maximum Gasteiger partial charge on any atom is 0.272 e.